The number of hydrogen-bond donors (Lipinski definition) is 0. The summed E-state index contributed by atoms with van der Waals surface area (Å²) in [6.45, 7) is 24.5. The van der Waals surface area contributed by atoms with Gasteiger partial charge >= 0.3 is 116 Å². The van der Waals surface area contributed by atoms with Crippen molar-refractivity contribution in [3.63, 3.8) is 0 Å². The van der Waals surface area contributed by atoms with Crippen molar-refractivity contribution in [3.8, 4) is 0 Å². The second-order valence-corrected chi connectivity index (χ2v) is 16.6. The van der Waals surface area contributed by atoms with E-state index in [1.807, 2.05) is 69.2 Å². The van der Waals surface area contributed by atoms with Crippen LogP contribution in [0.5, 0.6) is 0 Å². The van der Waals surface area contributed by atoms with E-state index in [-0.39, 0.29) is 145 Å². The molecule has 26 heavy (non-hydrogen) atoms. The van der Waals surface area contributed by atoms with Gasteiger partial charge in [0.1, 0.15) is 0 Å². The van der Waals surface area contributed by atoms with Crippen LogP contribution in [0.2, 0.25) is 0 Å². The van der Waals surface area contributed by atoms with Gasteiger partial charge in [0.05, 0.1) is 0 Å². The largest absolute Gasteiger partial charge is 1.00 e. The molecule has 0 rings (SSSR count). The van der Waals surface area contributed by atoms with Gasteiger partial charge in [0.15, 0.2) is 0 Å². The second kappa shape index (κ2) is 14.2. The first-order chi connectivity index (χ1) is 10.7. The normalized spacial score (nSPS) is 13.5. The Morgan fingerprint density at radius 2 is 0.769 bits per heavy atom. The summed E-state index contributed by atoms with van der Waals surface area (Å²) in [5, 5.41) is 0. The van der Waals surface area contributed by atoms with E-state index in [2.05, 4.69) is 18.7 Å². The maximum Gasteiger partial charge on any atom is 1.00 e. The summed E-state index contributed by atoms with van der Waals surface area (Å²) in [4.78, 5) is 2.14. The van der Waals surface area contributed by atoms with E-state index in [0.717, 1.165) is 11.6 Å². The third-order valence-corrected chi connectivity index (χ3v) is 13.9. The molecule has 0 radical (unpaired) electrons. The third kappa shape index (κ3) is 7.57. The van der Waals surface area contributed by atoms with Crippen molar-refractivity contribution in [2.24, 2.45) is 0 Å². The Balaban J connectivity index is -0.00000264. The molecule has 0 aromatic carbocycles. The second-order valence-electron chi connectivity index (χ2n) is 8.35. The molecule has 0 saturated carbocycles. The minimum Gasteiger partial charge on any atom is -0.586 e. The minimum absolute atomic E-state index is 0. The fraction of sp³-hybridized carbons (Fsp3) is 0.895. The molecule has 0 aliphatic carbocycles. The van der Waals surface area contributed by atoms with Gasteiger partial charge in [-0.15, -0.1) is 0 Å². The molecule has 0 aromatic rings. The fourth-order valence-electron chi connectivity index (χ4n) is 4.01. The molecule has 0 unspecified atom stereocenters. The molecule has 0 fully saturated rings. The summed E-state index contributed by atoms with van der Waals surface area (Å²) >= 11 is 0. The third-order valence-electron chi connectivity index (χ3n) is 5.29. The molecule has 0 N–H and O–H groups in total. The quantitative estimate of drug-likeness (QED) is 0.320. The van der Waals surface area contributed by atoms with Gasteiger partial charge < -0.3 is 14.0 Å². The minimum atomic E-state index is -2.55. The molecule has 0 spiro atoms. The van der Waals surface area contributed by atoms with E-state index in [1.54, 1.807) is 0 Å². The van der Waals surface area contributed by atoms with E-state index in [9.17, 15) is 9.13 Å². The first-order valence-electron chi connectivity index (χ1n) is 9.32. The SMILES string of the molecule is C[C-](N([C-](C)P(=O)(C(C)C)C(C)C)C(C)C)P(=O)(C(C)C)C(C)C.[Rb+].[Rb+]. The standard InChI is InChI=1S/C19H41NO2P2.2Rb/c1-13(2)20(18(11)23(21,14(3)4)15(5)6)19(12)24(22,16(7)8)17(9)10;;/h13-17H,1-12H3;;/q-2;2*+1. The zero-order valence-corrected chi connectivity index (χ0v) is 31.7. The van der Waals surface area contributed by atoms with Crippen LogP contribution in [0, 0.1) is 11.6 Å². The molecule has 0 bridgehead atoms. The first kappa shape index (κ1) is 34.6. The molecule has 0 heterocycles. The zero-order valence-electron chi connectivity index (χ0n) is 20.0. The van der Waals surface area contributed by atoms with Crippen LogP contribution < -0.4 is 116 Å². The van der Waals surface area contributed by atoms with Crippen molar-refractivity contribution in [2.75, 3.05) is 0 Å². The summed E-state index contributed by atoms with van der Waals surface area (Å²) < 4.78 is 27.7. The van der Waals surface area contributed by atoms with Gasteiger partial charge in [0, 0.05) is 0 Å². The van der Waals surface area contributed by atoms with Crippen LogP contribution in [0.1, 0.15) is 83.1 Å². The molecule has 3 nitrogen and oxygen atoms in total. The van der Waals surface area contributed by atoms with Crippen molar-refractivity contribution in [1.29, 1.82) is 0 Å². The average molecular weight is 548 g/mol. The van der Waals surface area contributed by atoms with Gasteiger partial charge in [-0.05, 0) is 43.0 Å². The monoisotopic (exact) mass is 547 g/mol. The topological polar surface area (TPSA) is 37.4 Å². The van der Waals surface area contributed by atoms with Gasteiger partial charge in [-0.3, -0.25) is 0 Å². The predicted molar refractivity (Wildman–Crippen MR) is 111 cm³/mol. The maximum absolute atomic E-state index is 13.8. The van der Waals surface area contributed by atoms with Gasteiger partial charge in [-0.1, -0.05) is 69.2 Å². The Labute approximate surface area is 262 Å². The Bertz CT molecular complexity index is 430. The van der Waals surface area contributed by atoms with E-state index in [4.69, 9.17) is 0 Å². The zero-order chi connectivity index (χ0) is 19.6. The van der Waals surface area contributed by atoms with Crippen LogP contribution in [0.15, 0.2) is 0 Å². The van der Waals surface area contributed by atoms with Crippen molar-refractivity contribution in [1.82, 2.24) is 4.90 Å². The summed E-state index contributed by atoms with van der Waals surface area (Å²) in [5.41, 5.74) is 0.348. The van der Waals surface area contributed by atoms with Crippen molar-refractivity contribution >= 4 is 14.3 Å². The molecular formula is C19H41NO2P2Rb2. The predicted octanol–water partition coefficient (Wildman–Crippen LogP) is 1.08. The van der Waals surface area contributed by atoms with E-state index < -0.39 is 14.3 Å². The van der Waals surface area contributed by atoms with Gasteiger partial charge in [0.25, 0.3) is 0 Å². The Hall–Kier alpha value is 4.03. The summed E-state index contributed by atoms with van der Waals surface area (Å²) in [7, 11) is -5.10. The van der Waals surface area contributed by atoms with Crippen LogP contribution in [0.3, 0.4) is 0 Å². The van der Waals surface area contributed by atoms with Gasteiger partial charge in [0.2, 0.25) is 0 Å². The van der Waals surface area contributed by atoms with E-state index >= 15 is 0 Å². The van der Waals surface area contributed by atoms with Crippen LogP contribution in [0.25, 0.3) is 0 Å². The molecule has 146 valence electrons. The summed E-state index contributed by atoms with van der Waals surface area (Å²) in [6, 6.07) is 0.140. The molecule has 0 amide bonds. The molecule has 0 aliphatic rings. The fourth-order valence-corrected chi connectivity index (χ4v) is 10.9. The van der Waals surface area contributed by atoms with Gasteiger partial charge in [-0.2, -0.15) is 13.8 Å². The van der Waals surface area contributed by atoms with Crippen LogP contribution in [-0.4, -0.2) is 33.6 Å². The molecule has 0 aliphatic heterocycles. The van der Waals surface area contributed by atoms with Crippen LogP contribution >= 0.6 is 14.3 Å². The number of hydrogen-bond acceptors (Lipinski definition) is 3. The molecule has 0 aromatic heterocycles. The molecular weight excluding hydrogens is 507 g/mol. The maximum atomic E-state index is 13.8. The average Bonchev–Trinajstić information content (AvgIpc) is 2.43. The molecule has 0 saturated heterocycles. The van der Waals surface area contributed by atoms with E-state index in [1.165, 1.54) is 0 Å². The van der Waals surface area contributed by atoms with Crippen molar-refractivity contribution < 1.29 is 126 Å². The Morgan fingerprint density at radius 1 is 0.577 bits per heavy atom. The summed E-state index contributed by atoms with van der Waals surface area (Å²) in [6.07, 6.45) is 0. The molecule has 7 heteroatoms. The Kier molecular flexibility index (Phi) is 19.0. The van der Waals surface area contributed by atoms with Gasteiger partial charge in [-0.25, -0.2) is 11.6 Å². The first-order valence-corrected chi connectivity index (χ1v) is 13.0. The smallest absolute Gasteiger partial charge is 0.586 e. The van der Waals surface area contributed by atoms with E-state index in [0.29, 0.717) is 0 Å². The van der Waals surface area contributed by atoms with Crippen molar-refractivity contribution in [2.45, 2.75) is 112 Å². The number of rotatable bonds is 9. The summed E-state index contributed by atoms with van der Waals surface area (Å²) in [5.74, 6) is 1.84. The molecule has 0 atom stereocenters. The number of nitrogens with zero attached hydrogens (tertiary/aromatic N) is 1. The van der Waals surface area contributed by atoms with Crippen LogP contribution in [-0.2, 0) is 9.13 Å². The van der Waals surface area contributed by atoms with Crippen LogP contribution in [0.4, 0.5) is 0 Å². The van der Waals surface area contributed by atoms with Crippen molar-refractivity contribution in [3.05, 3.63) is 11.6 Å². The Morgan fingerprint density at radius 3 is 0.885 bits per heavy atom.